The van der Waals surface area contributed by atoms with E-state index in [1.165, 1.54) is 10.9 Å². The normalized spacial score (nSPS) is 12.7. The van der Waals surface area contributed by atoms with Gasteiger partial charge in [0.2, 0.25) is 0 Å². The summed E-state index contributed by atoms with van der Waals surface area (Å²) in [7, 11) is 0. The van der Waals surface area contributed by atoms with Gasteiger partial charge in [0, 0.05) is 30.8 Å². The molecule has 2 rings (SSSR count). The second-order valence-corrected chi connectivity index (χ2v) is 4.90. The highest BCUT2D eigenvalue weighted by atomic mass is 16.5. The summed E-state index contributed by atoms with van der Waals surface area (Å²) in [5.41, 5.74) is 2.38. The maximum atomic E-state index is 5.43. The second-order valence-electron chi connectivity index (χ2n) is 4.90. The number of pyridine rings is 1. The van der Waals surface area contributed by atoms with Gasteiger partial charge in [-0.25, -0.2) is 0 Å². The first kappa shape index (κ1) is 14.9. The van der Waals surface area contributed by atoms with Crippen molar-refractivity contribution < 1.29 is 4.74 Å². The number of ether oxygens (including phenoxy) is 1. The van der Waals surface area contributed by atoms with E-state index < -0.39 is 0 Å². The maximum Gasteiger partial charge on any atom is 0.0705 e. The summed E-state index contributed by atoms with van der Waals surface area (Å²) in [6.45, 7) is 6.79. The lowest BCUT2D eigenvalue weighted by Gasteiger charge is -2.18. The van der Waals surface area contributed by atoms with E-state index in [0.717, 1.165) is 38.1 Å². The van der Waals surface area contributed by atoms with Gasteiger partial charge in [0.1, 0.15) is 0 Å². The third-order valence-electron chi connectivity index (χ3n) is 3.47. The molecule has 1 atom stereocenters. The van der Waals surface area contributed by atoms with Gasteiger partial charge in [-0.1, -0.05) is 25.1 Å². The highest BCUT2D eigenvalue weighted by Crippen LogP contribution is 2.22. The van der Waals surface area contributed by atoms with Crippen molar-refractivity contribution in [3.05, 3.63) is 42.1 Å². The highest BCUT2D eigenvalue weighted by molar-refractivity contribution is 5.78. The van der Waals surface area contributed by atoms with Crippen molar-refractivity contribution in [3.63, 3.8) is 0 Å². The van der Waals surface area contributed by atoms with Crippen LogP contribution in [0.4, 0.5) is 0 Å². The molecule has 0 aliphatic carbocycles. The van der Waals surface area contributed by atoms with Crippen LogP contribution in [-0.4, -0.2) is 24.7 Å². The van der Waals surface area contributed by atoms with E-state index >= 15 is 0 Å². The van der Waals surface area contributed by atoms with Crippen LogP contribution >= 0.6 is 0 Å². The predicted molar refractivity (Wildman–Crippen MR) is 83.9 cm³/mol. The Kier molecular flexibility index (Phi) is 5.96. The Hall–Kier alpha value is -1.45. The van der Waals surface area contributed by atoms with Gasteiger partial charge in [-0.15, -0.1) is 0 Å². The Bertz CT molecular complexity index is 527. The monoisotopic (exact) mass is 272 g/mol. The first-order valence-corrected chi connectivity index (χ1v) is 7.51. The summed E-state index contributed by atoms with van der Waals surface area (Å²) in [6.07, 6.45) is 4.02. The van der Waals surface area contributed by atoms with Gasteiger partial charge < -0.3 is 10.1 Å². The van der Waals surface area contributed by atoms with Crippen molar-refractivity contribution in [2.75, 3.05) is 19.8 Å². The van der Waals surface area contributed by atoms with Crippen molar-refractivity contribution in [2.45, 2.75) is 32.7 Å². The molecule has 1 heterocycles. The van der Waals surface area contributed by atoms with Gasteiger partial charge in [-0.3, -0.25) is 4.98 Å². The van der Waals surface area contributed by atoms with Crippen molar-refractivity contribution in [2.24, 2.45) is 0 Å². The van der Waals surface area contributed by atoms with Gasteiger partial charge in [0.05, 0.1) is 5.52 Å². The van der Waals surface area contributed by atoms with Gasteiger partial charge in [-0.2, -0.15) is 0 Å². The summed E-state index contributed by atoms with van der Waals surface area (Å²) < 4.78 is 5.43. The Balaban J connectivity index is 2.09. The zero-order valence-corrected chi connectivity index (χ0v) is 12.4. The molecule has 1 aromatic carbocycles. The highest BCUT2D eigenvalue weighted by Gasteiger charge is 2.10. The number of fused-ring (bicyclic) bond motifs is 1. The molecule has 0 bridgehead atoms. The van der Waals surface area contributed by atoms with Crippen molar-refractivity contribution in [1.29, 1.82) is 0 Å². The SMILES string of the molecule is CCNC(CCCOCC)c1ccc2cccnc2c1. The number of benzene rings is 1. The first-order chi connectivity index (χ1) is 9.85. The van der Waals surface area contributed by atoms with Gasteiger partial charge in [-0.05, 0) is 44.0 Å². The number of hydrogen-bond acceptors (Lipinski definition) is 3. The minimum Gasteiger partial charge on any atom is -0.382 e. The molecule has 0 saturated carbocycles. The number of nitrogens with zero attached hydrogens (tertiary/aromatic N) is 1. The molecule has 0 amide bonds. The summed E-state index contributed by atoms with van der Waals surface area (Å²) in [4.78, 5) is 4.44. The molecule has 0 aliphatic rings. The largest absolute Gasteiger partial charge is 0.382 e. The molecular formula is C17H24N2O. The van der Waals surface area contributed by atoms with Gasteiger partial charge in [0.25, 0.3) is 0 Å². The molecule has 0 fully saturated rings. The summed E-state index contributed by atoms with van der Waals surface area (Å²) in [5.74, 6) is 0. The summed E-state index contributed by atoms with van der Waals surface area (Å²) in [5, 5.41) is 4.75. The second kappa shape index (κ2) is 7.98. The predicted octanol–water partition coefficient (Wildman–Crippen LogP) is 3.70. The van der Waals surface area contributed by atoms with E-state index in [2.05, 4.69) is 41.5 Å². The number of hydrogen-bond donors (Lipinski definition) is 1. The van der Waals surface area contributed by atoms with Crippen LogP contribution in [0.3, 0.4) is 0 Å². The van der Waals surface area contributed by atoms with Crippen molar-refractivity contribution in [1.82, 2.24) is 10.3 Å². The fraction of sp³-hybridized carbons (Fsp3) is 0.471. The Morgan fingerprint density at radius 2 is 2.15 bits per heavy atom. The zero-order valence-electron chi connectivity index (χ0n) is 12.4. The molecule has 1 aromatic heterocycles. The average molecular weight is 272 g/mol. The molecule has 0 saturated heterocycles. The molecule has 1 unspecified atom stereocenters. The number of rotatable bonds is 8. The molecule has 108 valence electrons. The third-order valence-corrected chi connectivity index (χ3v) is 3.47. The average Bonchev–Trinajstić information content (AvgIpc) is 2.50. The molecule has 0 radical (unpaired) electrons. The van der Waals surface area contributed by atoms with E-state index in [1.807, 2.05) is 19.2 Å². The van der Waals surface area contributed by atoms with Gasteiger partial charge in [0.15, 0.2) is 0 Å². The molecule has 3 nitrogen and oxygen atoms in total. The van der Waals surface area contributed by atoms with Crippen LogP contribution in [0.1, 0.15) is 38.3 Å². The van der Waals surface area contributed by atoms with E-state index in [9.17, 15) is 0 Å². The summed E-state index contributed by atoms with van der Waals surface area (Å²) >= 11 is 0. The smallest absolute Gasteiger partial charge is 0.0705 e. The Labute approximate surface area is 121 Å². The molecular weight excluding hydrogens is 248 g/mol. The minimum atomic E-state index is 0.381. The lowest BCUT2D eigenvalue weighted by atomic mass is 10.0. The van der Waals surface area contributed by atoms with Crippen LogP contribution < -0.4 is 5.32 Å². The van der Waals surface area contributed by atoms with Crippen LogP contribution in [0.2, 0.25) is 0 Å². The molecule has 2 aromatic rings. The lowest BCUT2D eigenvalue weighted by Crippen LogP contribution is -2.21. The standard InChI is InChI=1S/C17H24N2O/c1-3-18-16(8-6-12-20-4-2)15-10-9-14-7-5-11-19-17(14)13-15/h5,7,9-11,13,16,18H,3-4,6,8,12H2,1-2H3. The number of aromatic nitrogens is 1. The Morgan fingerprint density at radius 3 is 2.95 bits per heavy atom. The molecule has 1 N–H and O–H groups in total. The first-order valence-electron chi connectivity index (χ1n) is 7.51. The van der Waals surface area contributed by atoms with Gasteiger partial charge >= 0.3 is 0 Å². The fourth-order valence-corrected chi connectivity index (χ4v) is 2.47. The van der Waals surface area contributed by atoms with Crippen LogP contribution in [0, 0.1) is 0 Å². The quantitative estimate of drug-likeness (QED) is 0.744. The van der Waals surface area contributed by atoms with E-state index in [1.54, 1.807) is 0 Å². The summed E-state index contributed by atoms with van der Waals surface area (Å²) in [6, 6.07) is 11.0. The Morgan fingerprint density at radius 1 is 1.25 bits per heavy atom. The molecule has 0 aliphatic heterocycles. The van der Waals surface area contributed by atoms with E-state index in [-0.39, 0.29) is 0 Å². The molecule has 0 spiro atoms. The fourth-order valence-electron chi connectivity index (χ4n) is 2.47. The van der Waals surface area contributed by atoms with Crippen LogP contribution in [0.5, 0.6) is 0 Å². The number of nitrogens with one attached hydrogen (secondary N) is 1. The van der Waals surface area contributed by atoms with E-state index in [4.69, 9.17) is 4.74 Å². The third kappa shape index (κ3) is 4.02. The van der Waals surface area contributed by atoms with Crippen LogP contribution in [0.25, 0.3) is 10.9 Å². The molecule has 20 heavy (non-hydrogen) atoms. The van der Waals surface area contributed by atoms with Crippen LogP contribution in [-0.2, 0) is 4.74 Å². The topological polar surface area (TPSA) is 34.1 Å². The minimum absolute atomic E-state index is 0.381. The zero-order chi connectivity index (χ0) is 14.2. The van der Waals surface area contributed by atoms with Crippen LogP contribution in [0.15, 0.2) is 36.5 Å². The van der Waals surface area contributed by atoms with E-state index in [0.29, 0.717) is 6.04 Å². The van der Waals surface area contributed by atoms with Crippen molar-refractivity contribution >= 4 is 10.9 Å². The maximum absolute atomic E-state index is 5.43. The lowest BCUT2D eigenvalue weighted by molar-refractivity contribution is 0.141. The van der Waals surface area contributed by atoms with Crippen molar-refractivity contribution in [3.8, 4) is 0 Å². The molecule has 3 heteroatoms.